The van der Waals surface area contributed by atoms with Gasteiger partial charge in [0, 0.05) is 18.1 Å². The van der Waals surface area contributed by atoms with Crippen LogP contribution in [0.25, 0.3) is 0 Å². The van der Waals surface area contributed by atoms with Crippen molar-refractivity contribution in [3.8, 4) is 0 Å². The average molecular weight is 560 g/mol. The van der Waals surface area contributed by atoms with Gasteiger partial charge in [0.1, 0.15) is 18.4 Å². The summed E-state index contributed by atoms with van der Waals surface area (Å²) in [6.07, 6.45) is 1.68. The summed E-state index contributed by atoms with van der Waals surface area (Å²) in [4.78, 5) is 28.0. The highest BCUT2D eigenvalue weighted by atomic mass is 35.5. The van der Waals surface area contributed by atoms with Crippen molar-refractivity contribution in [1.82, 2.24) is 10.2 Å². The minimum Gasteiger partial charge on any atom is -0.354 e. The Bertz CT molecular complexity index is 1340. The van der Waals surface area contributed by atoms with Crippen LogP contribution in [-0.4, -0.2) is 44.3 Å². The highest BCUT2D eigenvalue weighted by molar-refractivity contribution is 7.92. The molecule has 2 amide bonds. The quantitative estimate of drug-likeness (QED) is 0.316. The lowest BCUT2D eigenvalue weighted by atomic mass is 10.1. The zero-order valence-corrected chi connectivity index (χ0v) is 22.9. The summed E-state index contributed by atoms with van der Waals surface area (Å²) in [7, 11) is -4.20. The number of amides is 2. The van der Waals surface area contributed by atoms with Crippen LogP contribution in [0.1, 0.15) is 32.3 Å². The van der Waals surface area contributed by atoms with Crippen LogP contribution in [0.2, 0.25) is 5.02 Å². The van der Waals surface area contributed by atoms with Crippen LogP contribution in [-0.2, 0) is 26.2 Å². The van der Waals surface area contributed by atoms with Gasteiger partial charge in [-0.15, -0.1) is 0 Å². The fourth-order valence-corrected chi connectivity index (χ4v) is 5.45. The molecule has 0 spiro atoms. The Morgan fingerprint density at radius 3 is 2.32 bits per heavy atom. The van der Waals surface area contributed by atoms with E-state index in [1.165, 1.54) is 29.2 Å². The maximum Gasteiger partial charge on any atom is 0.264 e. The van der Waals surface area contributed by atoms with Crippen molar-refractivity contribution in [2.75, 3.05) is 17.4 Å². The Balaban J connectivity index is 1.98. The summed E-state index contributed by atoms with van der Waals surface area (Å²) < 4.78 is 41.8. The second-order valence-corrected chi connectivity index (χ2v) is 11.1. The SMILES string of the molecule is CCCCNC(=O)[C@H](C)N(Cc1cccc(Cl)c1)C(=O)CN(c1ccc(F)cc1)S(=O)(=O)c1ccccc1. The summed E-state index contributed by atoms with van der Waals surface area (Å²) in [5.41, 5.74) is 0.796. The number of unbranched alkanes of at least 4 members (excludes halogenated alkanes) is 1. The van der Waals surface area contributed by atoms with Crippen LogP contribution in [0.4, 0.5) is 10.1 Å². The van der Waals surface area contributed by atoms with Crippen molar-refractivity contribution in [3.05, 3.63) is 95.3 Å². The van der Waals surface area contributed by atoms with Crippen LogP contribution in [0.3, 0.4) is 0 Å². The smallest absolute Gasteiger partial charge is 0.264 e. The first-order chi connectivity index (χ1) is 18.1. The van der Waals surface area contributed by atoms with Crippen LogP contribution in [0, 0.1) is 5.82 Å². The summed E-state index contributed by atoms with van der Waals surface area (Å²) in [6.45, 7) is 3.49. The lowest BCUT2D eigenvalue weighted by Crippen LogP contribution is -2.51. The highest BCUT2D eigenvalue weighted by Crippen LogP contribution is 2.25. The summed E-state index contributed by atoms with van der Waals surface area (Å²) in [5.74, 6) is -1.50. The van der Waals surface area contributed by atoms with Crippen molar-refractivity contribution in [1.29, 1.82) is 0 Å². The van der Waals surface area contributed by atoms with Crippen LogP contribution in [0.5, 0.6) is 0 Å². The molecule has 3 aromatic carbocycles. The van der Waals surface area contributed by atoms with Gasteiger partial charge in [0.25, 0.3) is 10.0 Å². The van der Waals surface area contributed by atoms with E-state index in [0.717, 1.165) is 29.3 Å². The molecule has 0 aliphatic heterocycles. The molecule has 0 aliphatic rings. The normalized spacial score (nSPS) is 12.0. The lowest BCUT2D eigenvalue weighted by molar-refractivity contribution is -0.139. The topological polar surface area (TPSA) is 86.8 Å². The fraction of sp³-hybridized carbons (Fsp3) is 0.286. The first-order valence-corrected chi connectivity index (χ1v) is 14.1. The molecule has 0 bridgehead atoms. The molecule has 0 fully saturated rings. The van der Waals surface area contributed by atoms with Crippen molar-refractivity contribution >= 4 is 39.1 Å². The number of nitrogens with one attached hydrogen (secondary N) is 1. The Morgan fingerprint density at radius 2 is 1.68 bits per heavy atom. The third-order valence-electron chi connectivity index (χ3n) is 5.96. The Kier molecular flexibility index (Phi) is 10.3. The van der Waals surface area contributed by atoms with Gasteiger partial charge < -0.3 is 10.2 Å². The van der Waals surface area contributed by atoms with Crippen molar-refractivity contribution in [2.24, 2.45) is 0 Å². The minimum absolute atomic E-state index is 0.0242. The van der Waals surface area contributed by atoms with Crippen molar-refractivity contribution in [3.63, 3.8) is 0 Å². The zero-order chi connectivity index (χ0) is 27.7. The standard InChI is InChI=1S/C28H31ClFN3O4S/c1-3-4-17-31-28(35)21(2)32(19-22-9-8-10-23(29)18-22)27(34)20-33(25-15-13-24(30)14-16-25)38(36,37)26-11-6-5-7-12-26/h5-16,18,21H,3-4,17,19-20H2,1-2H3,(H,31,35)/t21-/m0/s1. The van der Waals surface area contributed by atoms with E-state index in [-0.39, 0.29) is 23.0 Å². The molecule has 10 heteroatoms. The van der Waals surface area contributed by atoms with E-state index in [1.54, 1.807) is 49.4 Å². The number of benzene rings is 3. The third kappa shape index (κ3) is 7.55. The van der Waals surface area contributed by atoms with Gasteiger partial charge in [-0.1, -0.05) is 55.3 Å². The monoisotopic (exact) mass is 559 g/mol. The molecule has 0 saturated carbocycles. The first kappa shape index (κ1) is 29.1. The molecule has 3 rings (SSSR count). The van der Waals surface area contributed by atoms with Crippen molar-refractivity contribution < 1.29 is 22.4 Å². The van der Waals surface area contributed by atoms with E-state index < -0.39 is 34.3 Å². The molecule has 1 N–H and O–H groups in total. The third-order valence-corrected chi connectivity index (χ3v) is 7.99. The summed E-state index contributed by atoms with van der Waals surface area (Å²) in [6, 6.07) is 18.5. The molecule has 202 valence electrons. The predicted octanol–water partition coefficient (Wildman–Crippen LogP) is 5.01. The molecule has 38 heavy (non-hydrogen) atoms. The number of sulfonamides is 1. The molecule has 7 nitrogen and oxygen atoms in total. The molecular weight excluding hydrogens is 529 g/mol. The van der Waals surface area contributed by atoms with Crippen LogP contribution >= 0.6 is 11.6 Å². The van der Waals surface area contributed by atoms with Crippen molar-refractivity contribution in [2.45, 2.75) is 44.2 Å². The van der Waals surface area contributed by atoms with Gasteiger partial charge in [0.2, 0.25) is 11.8 Å². The Morgan fingerprint density at radius 1 is 1.00 bits per heavy atom. The van der Waals surface area contributed by atoms with Gasteiger partial charge in [-0.3, -0.25) is 13.9 Å². The molecule has 1 atom stereocenters. The van der Waals surface area contributed by atoms with E-state index in [9.17, 15) is 22.4 Å². The molecule has 0 radical (unpaired) electrons. The molecule has 0 unspecified atom stereocenters. The van der Waals surface area contributed by atoms with Gasteiger partial charge in [-0.05, 0) is 67.4 Å². The summed E-state index contributed by atoms with van der Waals surface area (Å²) in [5, 5.41) is 3.30. The second kappa shape index (κ2) is 13.4. The molecule has 0 aromatic heterocycles. The van der Waals surface area contributed by atoms with E-state index in [1.807, 2.05) is 6.92 Å². The number of rotatable bonds is 12. The second-order valence-electron chi connectivity index (χ2n) is 8.77. The number of carbonyl (C=O) groups excluding carboxylic acids is 2. The van der Waals surface area contributed by atoms with Gasteiger partial charge >= 0.3 is 0 Å². The fourth-order valence-electron chi connectivity index (χ4n) is 3.81. The number of halogens is 2. The molecule has 0 saturated heterocycles. The zero-order valence-electron chi connectivity index (χ0n) is 21.3. The van der Waals surface area contributed by atoms with Crippen LogP contribution in [0.15, 0.2) is 83.8 Å². The van der Waals surface area contributed by atoms with E-state index in [4.69, 9.17) is 11.6 Å². The largest absolute Gasteiger partial charge is 0.354 e. The summed E-state index contributed by atoms with van der Waals surface area (Å²) >= 11 is 6.14. The predicted molar refractivity (Wildman–Crippen MR) is 147 cm³/mol. The van der Waals surface area contributed by atoms with Gasteiger partial charge in [0.05, 0.1) is 10.6 Å². The minimum atomic E-state index is -4.20. The lowest BCUT2D eigenvalue weighted by Gasteiger charge is -2.32. The van der Waals surface area contributed by atoms with Gasteiger partial charge in [0.15, 0.2) is 0 Å². The maximum atomic E-state index is 13.8. The number of hydrogen-bond donors (Lipinski definition) is 1. The molecule has 0 aliphatic carbocycles. The maximum absolute atomic E-state index is 13.8. The Hall–Kier alpha value is -3.43. The number of hydrogen-bond acceptors (Lipinski definition) is 4. The number of carbonyl (C=O) groups is 2. The number of nitrogens with zero attached hydrogens (tertiary/aromatic N) is 2. The van der Waals surface area contributed by atoms with E-state index >= 15 is 0 Å². The van der Waals surface area contributed by atoms with Gasteiger partial charge in [-0.2, -0.15) is 0 Å². The first-order valence-electron chi connectivity index (χ1n) is 12.3. The Labute approximate surface area is 228 Å². The molecule has 3 aromatic rings. The van der Waals surface area contributed by atoms with Crippen LogP contribution < -0.4 is 9.62 Å². The number of anilines is 1. The van der Waals surface area contributed by atoms with Gasteiger partial charge in [-0.25, -0.2) is 12.8 Å². The average Bonchev–Trinajstić information content (AvgIpc) is 2.91. The van der Waals surface area contributed by atoms with E-state index in [2.05, 4.69) is 5.32 Å². The van der Waals surface area contributed by atoms with E-state index in [0.29, 0.717) is 17.1 Å². The molecule has 0 heterocycles. The molecular formula is C28H31ClFN3O4S. The highest BCUT2D eigenvalue weighted by Gasteiger charge is 2.32.